The molecule has 9 rings (SSSR count). The number of allylic oxidation sites excluding steroid dienone is 1. The number of nitrogens with one attached hydrogen (secondary N) is 1. The number of carbonyl (C=O) groups excluding carboxylic acids is 1. The van der Waals surface area contributed by atoms with E-state index < -0.39 is 17.1 Å². The molecule has 47 heavy (non-hydrogen) atoms. The molecule has 4 aliphatic rings. The van der Waals surface area contributed by atoms with E-state index in [0.717, 1.165) is 64.2 Å². The highest BCUT2D eigenvalue weighted by Crippen LogP contribution is 2.67. The van der Waals surface area contributed by atoms with Gasteiger partial charge in [-0.05, 0) is 97.6 Å². The van der Waals surface area contributed by atoms with Crippen molar-refractivity contribution in [2.45, 2.75) is 69.2 Å². The molecule has 2 aromatic carbocycles. The van der Waals surface area contributed by atoms with Crippen LogP contribution in [-0.2, 0) is 18.3 Å². The van der Waals surface area contributed by atoms with Crippen molar-refractivity contribution in [2.24, 2.45) is 35.6 Å². The number of hydrogen-bond acceptors (Lipinski definition) is 7. The number of imidazole rings is 2. The largest absolute Gasteiger partial charge is 0.393 e. The summed E-state index contributed by atoms with van der Waals surface area (Å²) in [6.07, 6.45) is 7.97. The summed E-state index contributed by atoms with van der Waals surface area (Å²) in [6, 6.07) is 16.0. The van der Waals surface area contributed by atoms with Crippen molar-refractivity contribution in [2.75, 3.05) is 5.75 Å². The van der Waals surface area contributed by atoms with Crippen molar-refractivity contribution in [1.29, 1.82) is 0 Å². The predicted molar refractivity (Wildman–Crippen MR) is 182 cm³/mol. The average molecular weight is 649 g/mol. The summed E-state index contributed by atoms with van der Waals surface area (Å²) < 4.78 is 3.92. The molecule has 0 amide bonds. The summed E-state index contributed by atoms with van der Waals surface area (Å²) in [5.41, 5.74) is 5.02. The maximum absolute atomic E-state index is 14.0. The highest BCUT2D eigenvalue weighted by Gasteiger charge is 2.68. The molecule has 0 spiro atoms. The topological polar surface area (TPSA) is 122 Å². The third-order valence-corrected chi connectivity index (χ3v) is 13.7. The monoisotopic (exact) mass is 648 g/mol. The van der Waals surface area contributed by atoms with Crippen molar-refractivity contribution in [3.05, 3.63) is 71.6 Å². The zero-order valence-corrected chi connectivity index (χ0v) is 27.8. The summed E-state index contributed by atoms with van der Waals surface area (Å²) in [4.78, 5) is 26.9. The quantitative estimate of drug-likeness (QED) is 0.204. The Kier molecular flexibility index (Phi) is 6.34. The van der Waals surface area contributed by atoms with Crippen LogP contribution in [0.15, 0.2) is 65.5 Å². The van der Waals surface area contributed by atoms with E-state index in [1.165, 1.54) is 17.3 Å². The number of ketones is 1. The van der Waals surface area contributed by atoms with Crippen LogP contribution in [0.4, 0.5) is 0 Å². The number of aromatic amines is 1. The molecule has 9 nitrogen and oxygen atoms in total. The Morgan fingerprint density at radius 3 is 2.68 bits per heavy atom. The van der Waals surface area contributed by atoms with Gasteiger partial charge in [-0.2, -0.15) is 5.10 Å². The molecule has 0 radical (unpaired) electrons. The maximum Gasteiger partial charge on any atom is 0.229 e. The molecule has 0 bridgehead atoms. The van der Waals surface area contributed by atoms with Crippen LogP contribution in [0.2, 0.25) is 0 Å². The number of aryl methyl sites for hydroxylation is 1. The van der Waals surface area contributed by atoms with Gasteiger partial charge in [-0.3, -0.25) is 4.79 Å². The normalized spacial score (nSPS) is 32.9. The lowest BCUT2D eigenvalue weighted by atomic mass is 9.45. The first-order chi connectivity index (χ1) is 22.6. The first-order valence-electron chi connectivity index (χ1n) is 16.8. The lowest BCUT2D eigenvalue weighted by molar-refractivity contribution is -0.177. The first kappa shape index (κ1) is 29.4. The van der Waals surface area contributed by atoms with E-state index >= 15 is 0 Å². The molecule has 5 aromatic rings. The van der Waals surface area contributed by atoms with Gasteiger partial charge < -0.3 is 19.8 Å². The van der Waals surface area contributed by atoms with Crippen molar-refractivity contribution >= 4 is 45.7 Å². The number of rotatable bonds is 5. The molecule has 0 aliphatic heterocycles. The first-order valence-corrected chi connectivity index (χ1v) is 17.8. The minimum absolute atomic E-state index is 0.0510. The van der Waals surface area contributed by atoms with Gasteiger partial charge in [0.2, 0.25) is 5.95 Å². The second kappa shape index (κ2) is 10.1. The summed E-state index contributed by atoms with van der Waals surface area (Å²) in [5.74, 6) is 1.17. The number of hydrogen-bond donors (Lipinski definition) is 3. The summed E-state index contributed by atoms with van der Waals surface area (Å²) in [5, 5.41) is 29.9. The predicted octanol–water partition coefficient (Wildman–Crippen LogP) is 5.88. The van der Waals surface area contributed by atoms with Gasteiger partial charge in [-0.15, -0.1) is 0 Å². The number of fused-ring (bicyclic) bond motifs is 8. The fourth-order valence-corrected chi connectivity index (χ4v) is 11.3. The van der Waals surface area contributed by atoms with E-state index in [1.54, 1.807) is 0 Å². The van der Waals surface area contributed by atoms with Crippen molar-refractivity contribution < 1.29 is 15.0 Å². The van der Waals surface area contributed by atoms with E-state index in [-0.39, 0.29) is 34.7 Å². The molecule has 10 heteroatoms. The molecule has 0 saturated heterocycles. The molecule has 7 atom stereocenters. The number of aliphatic hydroxyl groups is 2. The summed E-state index contributed by atoms with van der Waals surface area (Å²) >= 11 is 1.39. The Hall–Kier alpha value is -3.73. The van der Waals surface area contributed by atoms with Crippen LogP contribution in [0.25, 0.3) is 34.1 Å². The number of para-hydroxylation sites is 4. The van der Waals surface area contributed by atoms with Crippen LogP contribution in [-0.4, -0.2) is 62.8 Å². The summed E-state index contributed by atoms with van der Waals surface area (Å²) in [7, 11) is 1.96. The minimum Gasteiger partial charge on any atom is -0.393 e. The number of Topliss-reactive ketones (excluding diaryl/α,β-unsaturated/α-hetero) is 1. The number of carbonyl (C=O) groups is 1. The minimum atomic E-state index is -1.47. The second-order valence-corrected chi connectivity index (χ2v) is 15.8. The van der Waals surface area contributed by atoms with Gasteiger partial charge in [-0.1, -0.05) is 55.4 Å². The third-order valence-electron chi connectivity index (χ3n) is 12.7. The number of aromatic nitrogens is 6. The maximum atomic E-state index is 14.0. The molecule has 5 unspecified atom stereocenters. The van der Waals surface area contributed by atoms with Gasteiger partial charge in [0.15, 0.2) is 10.9 Å². The van der Waals surface area contributed by atoms with Crippen molar-refractivity contribution in [3.8, 4) is 5.95 Å². The number of nitrogens with zero attached hydrogens (tertiary/aromatic N) is 5. The Morgan fingerprint density at radius 2 is 1.87 bits per heavy atom. The average Bonchev–Trinajstić information content (AvgIpc) is 3.81. The highest BCUT2D eigenvalue weighted by atomic mass is 32.2. The highest BCUT2D eigenvalue weighted by molar-refractivity contribution is 7.99. The zero-order chi connectivity index (χ0) is 32.3. The number of aliphatic hydroxyl groups excluding tert-OH is 1. The van der Waals surface area contributed by atoms with Crippen LogP contribution >= 0.6 is 11.8 Å². The molecule has 3 fully saturated rings. The Labute approximate surface area is 277 Å². The van der Waals surface area contributed by atoms with Crippen LogP contribution in [0, 0.1) is 28.6 Å². The number of thioether (sulfide) groups is 1. The molecular weight excluding hydrogens is 609 g/mol. The van der Waals surface area contributed by atoms with E-state index in [9.17, 15) is 15.0 Å². The third kappa shape index (κ3) is 4.04. The lowest BCUT2D eigenvalue weighted by Crippen LogP contribution is -2.62. The van der Waals surface area contributed by atoms with Gasteiger partial charge in [0.25, 0.3) is 0 Å². The molecular formula is C37H40N6O3S. The van der Waals surface area contributed by atoms with Gasteiger partial charge in [-0.25, -0.2) is 14.6 Å². The van der Waals surface area contributed by atoms with Gasteiger partial charge in [0.05, 0.1) is 45.8 Å². The Balaban J connectivity index is 0.981. The van der Waals surface area contributed by atoms with Crippen molar-refractivity contribution in [1.82, 2.24) is 29.3 Å². The Morgan fingerprint density at radius 1 is 1.09 bits per heavy atom. The fourth-order valence-electron chi connectivity index (χ4n) is 10.4. The molecule has 242 valence electrons. The zero-order valence-electron chi connectivity index (χ0n) is 27.0. The van der Waals surface area contributed by atoms with Crippen LogP contribution < -0.4 is 0 Å². The molecule has 3 aromatic heterocycles. The molecule has 4 aliphatic carbocycles. The summed E-state index contributed by atoms with van der Waals surface area (Å²) in [6.45, 7) is 4.40. The van der Waals surface area contributed by atoms with Crippen molar-refractivity contribution in [3.63, 3.8) is 0 Å². The van der Waals surface area contributed by atoms with E-state index in [1.807, 2.05) is 71.0 Å². The Bertz CT molecular complexity index is 2080. The standard InChI is InChI=1S/C37H40N6O3S/c1-35-17-21-19-38-43(33-39-25-8-4-5-9-26(25)40-33)29(21)16-22(35)12-13-23-24-14-15-37(46,36(24,2)18-30(44)32(23)35)31(45)20-47-34-41-27-10-6-7-11-28(27)42(34)3/h4-11,16,19,23-24,30,32,44,46H,12-15,17-18,20H2,1-3H3,(H,39,40)/t23?,24?,30-,32?,35?,36?,37-/m0/s1. The smallest absolute Gasteiger partial charge is 0.229 e. The lowest BCUT2D eigenvalue weighted by Gasteiger charge is -2.60. The number of H-pyrrole nitrogens is 1. The van der Waals surface area contributed by atoms with Gasteiger partial charge in [0.1, 0.15) is 5.60 Å². The number of benzene rings is 2. The second-order valence-electron chi connectivity index (χ2n) is 14.9. The fraction of sp³-hybridized carbons (Fsp3) is 0.459. The van der Waals surface area contributed by atoms with Crippen LogP contribution in [0.3, 0.4) is 0 Å². The molecule has 3 saturated carbocycles. The van der Waals surface area contributed by atoms with Gasteiger partial charge in [0, 0.05) is 12.5 Å². The SMILES string of the molecule is Cn1c(SCC(=O)[C@@]2(O)CCC3C4CCC5=Cc6c(cnn6-c6nc7ccccc7[nH]6)CC5(C)C4[C@@H](O)CC32C)nc2ccccc21. The van der Waals surface area contributed by atoms with E-state index in [2.05, 4.69) is 24.9 Å². The van der Waals surface area contributed by atoms with Crippen LogP contribution in [0.1, 0.15) is 57.2 Å². The van der Waals surface area contributed by atoms with E-state index in [4.69, 9.17) is 15.1 Å². The van der Waals surface area contributed by atoms with Crippen LogP contribution in [0.5, 0.6) is 0 Å². The molecule has 3 heterocycles. The molecule has 3 N–H and O–H groups in total. The van der Waals surface area contributed by atoms with E-state index in [0.29, 0.717) is 18.8 Å². The van der Waals surface area contributed by atoms with Gasteiger partial charge >= 0.3 is 0 Å².